The van der Waals surface area contributed by atoms with Crippen molar-refractivity contribution in [1.82, 2.24) is 0 Å². The second kappa shape index (κ2) is 5.14. The lowest BCUT2D eigenvalue weighted by molar-refractivity contribution is -0.235. The first-order valence-corrected chi connectivity index (χ1v) is 7.54. The van der Waals surface area contributed by atoms with Crippen LogP contribution in [0.4, 0.5) is 23.2 Å². The Kier molecular flexibility index (Phi) is 3.62. The predicted molar refractivity (Wildman–Crippen MR) is 79.9 cm³/mol. The SMILES string of the molecule is CC1(C)CC(=O)C2=C(C1)N(c1ccc(F)cc1)C(=O)[C@@]2(O)C(F)(F)F. The van der Waals surface area contributed by atoms with E-state index in [-0.39, 0.29) is 24.2 Å². The van der Waals surface area contributed by atoms with Gasteiger partial charge in [0.1, 0.15) is 5.82 Å². The number of hydrogen-bond acceptors (Lipinski definition) is 3. The minimum atomic E-state index is -5.35. The number of carbonyl (C=O) groups excluding carboxylic acids is 2. The standard InChI is InChI=1S/C17H15F4NO3/c1-15(2)7-11-13(12(23)8-15)16(25,17(19,20)21)14(24)22(11)10-5-3-9(18)4-6-10/h3-6,25H,7-8H2,1-2H3/t16-/m1/s1. The van der Waals surface area contributed by atoms with Gasteiger partial charge in [0, 0.05) is 17.8 Å². The number of nitrogens with zero attached hydrogens (tertiary/aromatic N) is 1. The third kappa shape index (κ3) is 2.47. The molecule has 1 aliphatic carbocycles. The summed E-state index contributed by atoms with van der Waals surface area (Å²) in [5, 5.41) is 10.2. The molecule has 1 N–H and O–H groups in total. The molecule has 0 saturated carbocycles. The van der Waals surface area contributed by atoms with Gasteiger partial charge in [-0.25, -0.2) is 4.39 Å². The van der Waals surface area contributed by atoms with E-state index in [0.29, 0.717) is 4.90 Å². The number of halogens is 4. The molecule has 0 aromatic heterocycles. The molecule has 0 spiro atoms. The number of rotatable bonds is 1. The summed E-state index contributed by atoms with van der Waals surface area (Å²) in [6.45, 7) is 3.37. The van der Waals surface area contributed by atoms with Gasteiger partial charge in [0.05, 0.1) is 5.57 Å². The molecule has 25 heavy (non-hydrogen) atoms. The average Bonchev–Trinajstić information content (AvgIpc) is 2.68. The third-order valence-corrected chi connectivity index (χ3v) is 4.49. The molecule has 1 aromatic rings. The van der Waals surface area contributed by atoms with E-state index in [0.717, 1.165) is 24.3 Å². The van der Waals surface area contributed by atoms with Crippen molar-refractivity contribution < 1.29 is 32.3 Å². The van der Waals surface area contributed by atoms with Crippen molar-refractivity contribution in [3.63, 3.8) is 0 Å². The highest BCUT2D eigenvalue weighted by Crippen LogP contribution is 2.52. The van der Waals surface area contributed by atoms with Crippen molar-refractivity contribution in [3.05, 3.63) is 41.4 Å². The van der Waals surface area contributed by atoms with E-state index in [1.54, 1.807) is 13.8 Å². The van der Waals surface area contributed by atoms with Gasteiger partial charge in [-0.2, -0.15) is 13.2 Å². The van der Waals surface area contributed by atoms with Crippen LogP contribution in [0.1, 0.15) is 26.7 Å². The van der Waals surface area contributed by atoms with Gasteiger partial charge in [-0.1, -0.05) is 13.8 Å². The van der Waals surface area contributed by atoms with Crippen molar-refractivity contribution in [2.75, 3.05) is 4.90 Å². The topological polar surface area (TPSA) is 57.6 Å². The van der Waals surface area contributed by atoms with Crippen molar-refractivity contribution >= 4 is 17.4 Å². The Bertz CT molecular complexity index is 795. The summed E-state index contributed by atoms with van der Waals surface area (Å²) in [4.78, 5) is 25.6. The largest absolute Gasteiger partial charge is 0.430 e. The lowest BCUT2D eigenvalue weighted by atomic mass is 9.73. The monoisotopic (exact) mass is 357 g/mol. The number of Topliss-reactive ketones (excluding diaryl/α,β-unsaturated/α-hetero) is 1. The summed E-state index contributed by atoms with van der Waals surface area (Å²) >= 11 is 0. The predicted octanol–water partition coefficient (Wildman–Crippen LogP) is 3.11. The molecule has 1 heterocycles. The van der Waals surface area contributed by atoms with E-state index in [1.807, 2.05) is 0 Å². The van der Waals surface area contributed by atoms with Crippen LogP contribution in [0, 0.1) is 11.2 Å². The second-order valence-corrected chi connectivity index (χ2v) is 7.09. The summed E-state index contributed by atoms with van der Waals surface area (Å²) in [5.74, 6) is -3.21. The summed E-state index contributed by atoms with van der Waals surface area (Å²) in [5.41, 5.74) is -5.70. The molecule has 1 aromatic carbocycles. The fraction of sp³-hybridized carbons (Fsp3) is 0.412. The van der Waals surface area contributed by atoms with E-state index in [2.05, 4.69) is 0 Å². The van der Waals surface area contributed by atoms with Gasteiger partial charge in [-0.3, -0.25) is 14.5 Å². The van der Waals surface area contributed by atoms with Crippen LogP contribution in [-0.2, 0) is 9.59 Å². The molecule has 0 bridgehead atoms. The Balaban J connectivity index is 2.25. The summed E-state index contributed by atoms with van der Waals surface area (Å²) in [7, 11) is 0. The molecule has 0 saturated heterocycles. The molecule has 134 valence electrons. The number of amides is 1. The number of allylic oxidation sites excluding steroid dienone is 1. The molecule has 3 rings (SSSR count). The fourth-order valence-electron chi connectivity index (χ4n) is 3.41. The zero-order valence-electron chi connectivity index (χ0n) is 13.4. The van der Waals surface area contributed by atoms with Crippen LogP contribution in [0.5, 0.6) is 0 Å². The quantitative estimate of drug-likeness (QED) is 0.786. The first kappa shape index (κ1) is 17.6. The number of anilines is 1. The van der Waals surface area contributed by atoms with Crippen LogP contribution in [0.2, 0.25) is 0 Å². The number of alkyl halides is 3. The maximum atomic E-state index is 13.5. The van der Waals surface area contributed by atoms with Gasteiger partial charge in [0.15, 0.2) is 5.78 Å². The number of carbonyl (C=O) groups is 2. The van der Waals surface area contributed by atoms with Gasteiger partial charge in [0.25, 0.3) is 11.5 Å². The maximum absolute atomic E-state index is 13.5. The number of benzene rings is 1. The summed E-state index contributed by atoms with van der Waals surface area (Å²) < 4.78 is 53.8. The Morgan fingerprint density at radius 2 is 1.64 bits per heavy atom. The first-order valence-electron chi connectivity index (χ1n) is 7.54. The lowest BCUT2D eigenvalue weighted by Gasteiger charge is -2.33. The van der Waals surface area contributed by atoms with Gasteiger partial charge >= 0.3 is 6.18 Å². The molecule has 4 nitrogen and oxygen atoms in total. The van der Waals surface area contributed by atoms with Gasteiger partial charge < -0.3 is 5.11 Å². The summed E-state index contributed by atoms with van der Waals surface area (Å²) in [6, 6.07) is 4.24. The van der Waals surface area contributed by atoms with Crippen molar-refractivity contribution in [2.24, 2.45) is 5.41 Å². The van der Waals surface area contributed by atoms with E-state index in [1.165, 1.54) is 0 Å². The fourth-order valence-corrected chi connectivity index (χ4v) is 3.41. The highest BCUT2D eigenvalue weighted by atomic mass is 19.4. The minimum absolute atomic E-state index is 0.00439. The Morgan fingerprint density at radius 1 is 1.08 bits per heavy atom. The van der Waals surface area contributed by atoms with Crippen molar-refractivity contribution in [2.45, 2.75) is 38.5 Å². The first-order chi connectivity index (χ1) is 11.4. The van der Waals surface area contributed by atoms with Crippen LogP contribution in [0.25, 0.3) is 0 Å². The zero-order chi connectivity index (χ0) is 18.8. The van der Waals surface area contributed by atoms with E-state index >= 15 is 0 Å². The normalized spacial score (nSPS) is 26.3. The van der Waals surface area contributed by atoms with Crippen molar-refractivity contribution in [3.8, 4) is 0 Å². The molecule has 2 aliphatic rings. The lowest BCUT2D eigenvalue weighted by Crippen LogP contribution is -2.55. The van der Waals surface area contributed by atoms with E-state index in [9.17, 15) is 32.3 Å². The Morgan fingerprint density at radius 3 is 2.16 bits per heavy atom. The third-order valence-electron chi connectivity index (χ3n) is 4.49. The van der Waals surface area contributed by atoms with E-state index in [4.69, 9.17) is 0 Å². The molecule has 1 atom stereocenters. The molecular weight excluding hydrogens is 342 g/mol. The molecule has 1 amide bonds. The van der Waals surface area contributed by atoms with Crippen LogP contribution in [0.15, 0.2) is 35.5 Å². The van der Waals surface area contributed by atoms with Crippen LogP contribution < -0.4 is 4.90 Å². The van der Waals surface area contributed by atoms with Crippen LogP contribution >= 0.6 is 0 Å². The van der Waals surface area contributed by atoms with Gasteiger partial charge in [0.2, 0.25) is 0 Å². The highest BCUT2D eigenvalue weighted by Gasteiger charge is 2.70. The molecule has 8 heteroatoms. The van der Waals surface area contributed by atoms with Crippen LogP contribution in [0.3, 0.4) is 0 Å². The molecule has 0 unspecified atom stereocenters. The van der Waals surface area contributed by atoms with Gasteiger partial charge in [-0.15, -0.1) is 0 Å². The number of aliphatic hydroxyl groups is 1. The average molecular weight is 357 g/mol. The number of ketones is 1. The number of hydrogen-bond donors (Lipinski definition) is 1. The summed E-state index contributed by atoms with van der Waals surface area (Å²) in [6.07, 6.45) is -5.57. The Labute approximate surface area is 140 Å². The van der Waals surface area contributed by atoms with Gasteiger partial charge in [-0.05, 0) is 36.1 Å². The van der Waals surface area contributed by atoms with Crippen molar-refractivity contribution in [1.29, 1.82) is 0 Å². The smallest absolute Gasteiger partial charge is 0.368 e. The molecule has 0 radical (unpaired) electrons. The molecular formula is C17H15F4NO3. The van der Waals surface area contributed by atoms with Crippen LogP contribution in [-0.4, -0.2) is 28.6 Å². The minimum Gasteiger partial charge on any atom is -0.368 e. The molecule has 0 fully saturated rings. The highest BCUT2D eigenvalue weighted by molar-refractivity contribution is 6.18. The Hall–Kier alpha value is -2.22. The molecule has 1 aliphatic heterocycles. The second-order valence-electron chi connectivity index (χ2n) is 7.09. The van der Waals surface area contributed by atoms with E-state index < -0.39 is 40.3 Å². The zero-order valence-corrected chi connectivity index (χ0v) is 13.4. The maximum Gasteiger partial charge on any atom is 0.430 e.